The maximum atomic E-state index is 11.8. The number of rotatable bonds is 8. The Morgan fingerprint density at radius 2 is 1.74 bits per heavy atom. The Morgan fingerprint density at radius 1 is 1.09 bits per heavy atom. The van der Waals surface area contributed by atoms with Crippen LogP contribution in [-0.2, 0) is 16.1 Å². The number of hydrogen-bond donors (Lipinski definition) is 2. The standard InChI is InChI=1S/C18H28N2O3/c1-5-14-9-11-15(12-10-14)17(22)23-20-19-16(21)8-6-7-13-18(2,3)4/h9-12,20H,5-8,13H2,1-4H3,(H,19,21). The molecule has 0 aromatic heterocycles. The molecule has 2 N–H and O–H groups in total. The molecule has 1 rings (SSSR count). The van der Waals surface area contributed by atoms with Gasteiger partial charge in [-0.05, 0) is 42.4 Å². The topological polar surface area (TPSA) is 67.4 Å². The number of hydrazine groups is 1. The van der Waals surface area contributed by atoms with Crippen LogP contribution in [0.2, 0.25) is 0 Å². The van der Waals surface area contributed by atoms with Crippen molar-refractivity contribution in [2.75, 3.05) is 0 Å². The highest BCUT2D eigenvalue weighted by atomic mass is 16.7. The van der Waals surface area contributed by atoms with Gasteiger partial charge in [0.2, 0.25) is 5.91 Å². The van der Waals surface area contributed by atoms with Gasteiger partial charge in [0.05, 0.1) is 5.56 Å². The molecule has 0 aliphatic heterocycles. The predicted molar refractivity (Wildman–Crippen MR) is 90.4 cm³/mol. The van der Waals surface area contributed by atoms with Crippen LogP contribution >= 0.6 is 0 Å². The molecule has 0 aliphatic rings. The maximum Gasteiger partial charge on any atom is 0.358 e. The van der Waals surface area contributed by atoms with Gasteiger partial charge in [-0.3, -0.25) is 10.2 Å². The van der Waals surface area contributed by atoms with Gasteiger partial charge in [-0.1, -0.05) is 51.8 Å². The number of amides is 1. The molecule has 23 heavy (non-hydrogen) atoms. The molecule has 0 spiro atoms. The van der Waals surface area contributed by atoms with E-state index in [2.05, 4.69) is 31.8 Å². The van der Waals surface area contributed by atoms with Gasteiger partial charge in [0, 0.05) is 6.42 Å². The third kappa shape index (κ3) is 8.35. The molecule has 5 nitrogen and oxygen atoms in total. The third-order valence-corrected chi connectivity index (χ3v) is 3.51. The van der Waals surface area contributed by atoms with E-state index in [9.17, 15) is 9.59 Å². The first-order chi connectivity index (χ1) is 10.8. The summed E-state index contributed by atoms with van der Waals surface area (Å²) in [6, 6.07) is 7.17. The Hall–Kier alpha value is -1.88. The Morgan fingerprint density at radius 3 is 2.30 bits per heavy atom. The van der Waals surface area contributed by atoms with Crippen molar-refractivity contribution in [3.8, 4) is 0 Å². The number of benzene rings is 1. The molecule has 1 amide bonds. The Bertz CT molecular complexity index is 504. The summed E-state index contributed by atoms with van der Waals surface area (Å²) in [4.78, 5) is 28.2. The van der Waals surface area contributed by atoms with E-state index in [1.807, 2.05) is 19.1 Å². The average molecular weight is 320 g/mol. The molecule has 0 aliphatic carbocycles. The van der Waals surface area contributed by atoms with Crippen LogP contribution < -0.4 is 11.0 Å². The van der Waals surface area contributed by atoms with E-state index in [1.165, 1.54) is 0 Å². The molecule has 0 heterocycles. The second-order valence-electron chi connectivity index (χ2n) is 6.86. The molecule has 0 atom stereocenters. The Labute approximate surface area is 138 Å². The minimum absolute atomic E-state index is 0.187. The zero-order valence-corrected chi connectivity index (χ0v) is 14.6. The van der Waals surface area contributed by atoms with Crippen LogP contribution in [0, 0.1) is 5.41 Å². The highest BCUT2D eigenvalue weighted by Crippen LogP contribution is 2.21. The molecule has 0 unspecified atom stereocenters. The first-order valence-electron chi connectivity index (χ1n) is 8.16. The highest BCUT2D eigenvalue weighted by Gasteiger charge is 2.11. The Kier molecular flexibility index (Phi) is 7.75. The first-order valence-corrected chi connectivity index (χ1v) is 8.16. The summed E-state index contributed by atoms with van der Waals surface area (Å²) >= 11 is 0. The predicted octanol–water partition coefficient (Wildman–Crippen LogP) is 3.55. The van der Waals surface area contributed by atoms with E-state index in [-0.39, 0.29) is 11.3 Å². The van der Waals surface area contributed by atoms with Crippen molar-refractivity contribution in [2.45, 2.75) is 59.8 Å². The lowest BCUT2D eigenvalue weighted by Crippen LogP contribution is -2.38. The van der Waals surface area contributed by atoms with Gasteiger partial charge >= 0.3 is 5.97 Å². The van der Waals surface area contributed by atoms with Crippen LogP contribution in [0.1, 0.15) is 69.3 Å². The van der Waals surface area contributed by atoms with Crippen molar-refractivity contribution in [1.82, 2.24) is 11.0 Å². The second kappa shape index (κ2) is 9.30. The quantitative estimate of drug-likeness (QED) is 0.568. The van der Waals surface area contributed by atoms with Crippen molar-refractivity contribution in [3.05, 3.63) is 35.4 Å². The van der Waals surface area contributed by atoms with Crippen LogP contribution in [-0.4, -0.2) is 11.9 Å². The molecular weight excluding hydrogens is 292 g/mol. The summed E-state index contributed by atoms with van der Waals surface area (Å²) in [5.41, 5.74) is 6.47. The number of carbonyl (C=O) groups excluding carboxylic acids is 2. The van der Waals surface area contributed by atoms with E-state index >= 15 is 0 Å². The molecule has 5 heteroatoms. The third-order valence-electron chi connectivity index (χ3n) is 3.51. The molecule has 0 saturated heterocycles. The summed E-state index contributed by atoms with van der Waals surface area (Å²) < 4.78 is 0. The summed E-state index contributed by atoms with van der Waals surface area (Å²) in [5.74, 6) is -0.714. The van der Waals surface area contributed by atoms with Crippen molar-refractivity contribution >= 4 is 11.9 Å². The molecular formula is C18H28N2O3. The van der Waals surface area contributed by atoms with E-state index in [0.29, 0.717) is 12.0 Å². The fourth-order valence-electron chi connectivity index (χ4n) is 2.07. The minimum Gasteiger partial charge on any atom is -0.346 e. The highest BCUT2D eigenvalue weighted by molar-refractivity contribution is 5.89. The molecule has 0 saturated carbocycles. The Balaban J connectivity index is 2.19. The SMILES string of the molecule is CCc1ccc(C(=O)ONNC(=O)CCCCC(C)(C)C)cc1. The summed E-state index contributed by atoms with van der Waals surface area (Å²) in [7, 11) is 0. The maximum absolute atomic E-state index is 11.8. The van der Waals surface area contributed by atoms with E-state index in [1.54, 1.807) is 12.1 Å². The second-order valence-corrected chi connectivity index (χ2v) is 6.86. The zero-order chi connectivity index (χ0) is 17.3. The smallest absolute Gasteiger partial charge is 0.346 e. The molecule has 1 aromatic rings. The average Bonchev–Trinajstić information content (AvgIpc) is 2.50. The minimum atomic E-state index is -0.527. The van der Waals surface area contributed by atoms with Crippen LogP contribution in [0.3, 0.4) is 0 Å². The molecule has 0 fully saturated rings. The van der Waals surface area contributed by atoms with Gasteiger partial charge in [-0.2, -0.15) is 0 Å². The van der Waals surface area contributed by atoms with Crippen LogP contribution in [0.5, 0.6) is 0 Å². The number of carbonyl (C=O) groups is 2. The first kappa shape index (κ1) is 19.2. The van der Waals surface area contributed by atoms with Gasteiger partial charge in [-0.15, -0.1) is 0 Å². The van der Waals surface area contributed by atoms with E-state index in [4.69, 9.17) is 4.84 Å². The fourth-order valence-corrected chi connectivity index (χ4v) is 2.07. The van der Waals surface area contributed by atoms with E-state index < -0.39 is 5.97 Å². The van der Waals surface area contributed by atoms with Gasteiger partial charge in [0.1, 0.15) is 0 Å². The molecule has 1 aromatic carbocycles. The molecule has 0 radical (unpaired) electrons. The lowest BCUT2D eigenvalue weighted by molar-refractivity contribution is -0.125. The summed E-state index contributed by atoms with van der Waals surface area (Å²) in [6.07, 6.45) is 4.22. The summed E-state index contributed by atoms with van der Waals surface area (Å²) in [5, 5.41) is 0. The summed E-state index contributed by atoms with van der Waals surface area (Å²) in [6.45, 7) is 8.59. The van der Waals surface area contributed by atoms with Gasteiger partial charge in [0.15, 0.2) is 0 Å². The largest absolute Gasteiger partial charge is 0.358 e. The monoisotopic (exact) mass is 320 g/mol. The number of hydrogen-bond acceptors (Lipinski definition) is 4. The van der Waals surface area contributed by atoms with Gasteiger partial charge < -0.3 is 4.84 Å². The number of unbranched alkanes of at least 4 members (excludes halogenated alkanes) is 1. The van der Waals surface area contributed by atoms with Crippen molar-refractivity contribution in [1.29, 1.82) is 0 Å². The zero-order valence-electron chi connectivity index (χ0n) is 14.6. The molecule has 0 bridgehead atoms. The van der Waals surface area contributed by atoms with Crippen LogP contribution in [0.25, 0.3) is 0 Å². The fraction of sp³-hybridized carbons (Fsp3) is 0.556. The van der Waals surface area contributed by atoms with Crippen LogP contribution in [0.4, 0.5) is 0 Å². The van der Waals surface area contributed by atoms with E-state index in [0.717, 1.165) is 31.2 Å². The lowest BCUT2D eigenvalue weighted by atomic mass is 9.89. The van der Waals surface area contributed by atoms with Gasteiger partial charge in [-0.25, -0.2) is 4.79 Å². The lowest BCUT2D eigenvalue weighted by Gasteiger charge is -2.17. The number of aryl methyl sites for hydroxylation is 1. The van der Waals surface area contributed by atoms with Crippen LogP contribution in [0.15, 0.2) is 24.3 Å². The van der Waals surface area contributed by atoms with Gasteiger partial charge in [0.25, 0.3) is 0 Å². The molecule has 128 valence electrons. The van der Waals surface area contributed by atoms with Crippen molar-refractivity contribution in [3.63, 3.8) is 0 Å². The number of nitrogens with one attached hydrogen (secondary N) is 2. The van der Waals surface area contributed by atoms with Crippen molar-refractivity contribution in [2.24, 2.45) is 5.41 Å². The van der Waals surface area contributed by atoms with Crippen molar-refractivity contribution < 1.29 is 14.4 Å². The normalized spacial score (nSPS) is 11.1.